The van der Waals surface area contributed by atoms with Gasteiger partial charge in [0.1, 0.15) is 5.75 Å². The quantitative estimate of drug-likeness (QED) is 0.648. The van der Waals surface area contributed by atoms with Crippen LogP contribution in [0.3, 0.4) is 0 Å². The van der Waals surface area contributed by atoms with E-state index in [1.807, 2.05) is 31.2 Å². The van der Waals surface area contributed by atoms with Gasteiger partial charge in [0.15, 0.2) is 6.10 Å². The third-order valence-corrected chi connectivity index (χ3v) is 3.56. The van der Waals surface area contributed by atoms with Gasteiger partial charge in [0, 0.05) is 5.02 Å². The molecule has 0 bridgehead atoms. The highest BCUT2D eigenvalue weighted by atomic mass is 35.5. The van der Waals surface area contributed by atoms with Gasteiger partial charge in [0.25, 0.3) is 5.91 Å². The molecule has 0 saturated heterocycles. The number of ether oxygens (including phenoxy) is 1. The fourth-order valence-corrected chi connectivity index (χ4v) is 2.18. The number of carbonyl (C=O) groups is 1. The normalized spacial score (nSPS) is 12.2. The molecule has 0 aliphatic carbocycles. The summed E-state index contributed by atoms with van der Waals surface area (Å²) in [6.45, 7) is 3.62. The van der Waals surface area contributed by atoms with Gasteiger partial charge in [0.2, 0.25) is 0 Å². The van der Waals surface area contributed by atoms with Crippen molar-refractivity contribution >= 4 is 35.3 Å². The number of halogens is 2. The summed E-state index contributed by atoms with van der Waals surface area (Å²) < 4.78 is 5.50. The Bertz CT molecular complexity index is 715. The van der Waals surface area contributed by atoms with E-state index in [1.165, 1.54) is 0 Å². The average molecular weight is 351 g/mol. The molecule has 0 heterocycles. The second-order valence-electron chi connectivity index (χ2n) is 4.98. The van der Waals surface area contributed by atoms with Crippen LogP contribution < -0.4 is 10.2 Å². The number of benzene rings is 2. The molecule has 2 aromatic rings. The summed E-state index contributed by atoms with van der Waals surface area (Å²) in [7, 11) is 0. The topological polar surface area (TPSA) is 50.7 Å². The molecular formula is C17H16Cl2N2O2. The lowest BCUT2D eigenvalue weighted by Gasteiger charge is -2.14. The van der Waals surface area contributed by atoms with Crippen molar-refractivity contribution in [3.8, 4) is 5.75 Å². The summed E-state index contributed by atoms with van der Waals surface area (Å²) in [5, 5.41) is 4.76. The molecule has 4 nitrogen and oxygen atoms in total. The molecule has 0 aliphatic heterocycles. The second-order valence-corrected chi connectivity index (χ2v) is 5.82. The first-order valence-corrected chi connectivity index (χ1v) is 7.72. The zero-order valence-corrected chi connectivity index (χ0v) is 14.2. The average Bonchev–Trinajstić information content (AvgIpc) is 2.51. The number of hydrazone groups is 1. The van der Waals surface area contributed by atoms with Gasteiger partial charge in [-0.05, 0) is 37.6 Å². The van der Waals surface area contributed by atoms with Gasteiger partial charge in [-0.25, -0.2) is 5.43 Å². The van der Waals surface area contributed by atoms with Crippen LogP contribution >= 0.6 is 23.2 Å². The number of hydrogen-bond acceptors (Lipinski definition) is 3. The number of aryl methyl sites for hydroxylation is 1. The first-order chi connectivity index (χ1) is 11.0. The minimum absolute atomic E-state index is 0.348. The lowest BCUT2D eigenvalue weighted by atomic mass is 10.2. The number of amides is 1. The lowest BCUT2D eigenvalue weighted by molar-refractivity contribution is -0.127. The molecule has 1 amide bonds. The van der Waals surface area contributed by atoms with E-state index >= 15 is 0 Å². The number of nitrogens with one attached hydrogen (secondary N) is 1. The molecule has 6 heteroatoms. The predicted octanol–water partition coefficient (Wildman–Crippen LogP) is 4.22. The van der Waals surface area contributed by atoms with E-state index in [1.54, 1.807) is 31.3 Å². The standard InChI is InChI=1S/C17H16Cl2N2O2/c1-11-3-5-13(6-4-11)10-20-21-17(22)12(2)23-16-8-7-14(18)9-15(16)19/h3-10,12H,1-2H3,(H,21,22)/b20-10+. The maximum absolute atomic E-state index is 12.0. The van der Waals surface area contributed by atoms with Crippen LogP contribution in [0, 0.1) is 6.92 Å². The number of carbonyl (C=O) groups excluding carboxylic acids is 1. The van der Waals surface area contributed by atoms with Crippen LogP contribution in [0.25, 0.3) is 0 Å². The van der Waals surface area contributed by atoms with Gasteiger partial charge in [-0.15, -0.1) is 0 Å². The van der Waals surface area contributed by atoms with Crippen LogP contribution in [-0.4, -0.2) is 18.2 Å². The molecule has 23 heavy (non-hydrogen) atoms. The fraction of sp³-hybridized carbons (Fsp3) is 0.176. The van der Waals surface area contributed by atoms with Crippen molar-refractivity contribution in [1.29, 1.82) is 0 Å². The summed E-state index contributed by atoms with van der Waals surface area (Å²) in [6.07, 6.45) is 0.822. The maximum Gasteiger partial charge on any atom is 0.280 e. The van der Waals surface area contributed by atoms with Gasteiger partial charge in [0.05, 0.1) is 11.2 Å². The van der Waals surface area contributed by atoms with Crippen molar-refractivity contribution in [2.45, 2.75) is 20.0 Å². The first kappa shape index (κ1) is 17.3. The zero-order chi connectivity index (χ0) is 16.8. The van der Waals surface area contributed by atoms with E-state index in [0.717, 1.165) is 11.1 Å². The largest absolute Gasteiger partial charge is 0.479 e. The third kappa shape index (κ3) is 5.27. The minimum atomic E-state index is -0.746. The Balaban J connectivity index is 1.90. The highest BCUT2D eigenvalue weighted by Crippen LogP contribution is 2.28. The molecule has 0 radical (unpaired) electrons. The Hall–Kier alpha value is -2.04. The number of nitrogens with zero attached hydrogens (tertiary/aromatic N) is 1. The van der Waals surface area contributed by atoms with Gasteiger partial charge >= 0.3 is 0 Å². The first-order valence-electron chi connectivity index (χ1n) is 6.97. The molecule has 0 aromatic heterocycles. The van der Waals surface area contributed by atoms with Crippen molar-refractivity contribution in [3.05, 3.63) is 63.6 Å². The van der Waals surface area contributed by atoms with Crippen LogP contribution in [0.5, 0.6) is 5.75 Å². The van der Waals surface area contributed by atoms with E-state index in [-0.39, 0.29) is 5.91 Å². The van der Waals surface area contributed by atoms with Gasteiger partial charge in [-0.3, -0.25) is 4.79 Å². The van der Waals surface area contributed by atoms with Crippen molar-refractivity contribution in [2.75, 3.05) is 0 Å². The van der Waals surface area contributed by atoms with E-state index in [4.69, 9.17) is 27.9 Å². The molecule has 1 atom stereocenters. The fourth-order valence-electron chi connectivity index (χ4n) is 1.73. The summed E-state index contributed by atoms with van der Waals surface area (Å²) in [5.74, 6) is 0.0145. The van der Waals surface area contributed by atoms with Gasteiger partial charge in [-0.2, -0.15) is 5.10 Å². The van der Waals surface area contributed by atoms with Gasteiger partial charge < -0.3 is 4.74 Å². The van der Waals surface area contributed by atoms with E-state index in [2.05, 4.69) is 10.5 Å². The summed E-state index contributed by atoms with van der Waals surface area (Å²) in [4.78, 5) is 12.0. The van der Waals surface area contributed by atoms with Crippen molar-refractivity contribution in [3.63, 3.8) is 0 Å². The van der Waals surface area contributed by atoms with E-state index in [0.29, 0.717) is 15.8 Å². The molecule has 0 saturated carbocycles. The Morgan fingerprint density at radius 2 is 1.91 bits per heavy atom. The lowest BCUT2D eigenvalue weighted by Crippen LogP contribution is -2.33. The molecule has 0 aliphatic rings. The SMILES string of the molecule is Cc1ccc(/C=N/NC(=O)C(C)Oc2ccc(Cl)cc2Cl)cc1. The van der Waals surface area contributed by atoms with Crippen molar-refractivity contribution < 1.29 is 9.53 Å². The summed E-state index contributed by atoms with van der Waals surface area (Å²) in [6, 6.07) is 12.6. The Labute approximate surface area is 145 Å². The van der Waals surface area contributed by atoms with Crippen LogP contribution in [0.15, 0.2) is 47.6 Å². The zero-order valence-electron chi connectivity index (χ0n) is 12.7. The van der Waals surface area contributed by atoms with E-state index in [9.17, 15) is 4.79 Å². The summed E-state index contributed by atoms with van der Waals surface area (Å²) in [5.41, 5.74) is 4.49. The number of rotatable bonds is 5. The monoisotopic (exact) mass is 350 g/mol. The van der Waals surface area contributed by atoms with Crippen molar-refractivity contribution in [2.24, 2.45) is 5.10 Å². The maximum atomic E-state index is 12.0. The molecular weight excluding hydrogens is 335 g/mol. The van der Waals surface area contributed by atoms with Crippen LogP contribution in [0.2, 0.25) is 10.0 Å². The molecule has 2 rings (SSSR count). The van der Waals surface area contributed by atoms with Crippen molar-refractivity contribution in [1.82, 2.24) is 5.43 Å². The Morgan fingerprint density at radius 3 is 2.57 bits per heavy atom. The predicted molar refractivity (Wildman–Crippen MR) is 93.5 cm³/mol. The highest BCUT2D eigenvalue weighted by Gasteiger charge is 2.15. The highest BCUT2D eigenvalue weighted by molar-refractivity contribution is 6.35. The molecule has 2 aromatic carbocycles. The van der Waals surface area contributed by atoms with Crippen LogP contribution in [0.4, 0.5) is 0 Å². The molecule has 1 unspecified atom stereocenters. The Kier molecular flexibility index (Phi) is 6.02. The van der Waals surface area contributed by atoms with Crippen LogP contribution in [0.1, 0.15) is 18.1 Å². The molecule has 0 fully saturated rings. The number of hydrogen-bond donors (Lipinski definition) is 1. The third-order valence-electron chi connectivity index (χ3n) is 3.03. The molecule has 1 N–H and O–H groups in total. The van der Waals surface area contributed by atoms with E-state index < -0.39 is 6.10 Å². The smallest absolute Gasteiger partial charge is 0.280 e. The minimum Gasteiger partial charge on any atom is -0.479 e. The summed E-state index contributed by atoms with van der Waals surface area (Å²) >= 11 is 11.8. The molecule has 120 valence electrons. The second kappa shape index (κ2) is 7.99. The Morgan fingerprint density at radius 1 is 1.22 bits per heavy atom. The van der Waals surface area contributed by atoms with Gasteiger partial charge in [-0.1, -0.05) is 53.0 Å². The molecule has 0 spiro atoms. The van der Waals surface area contributed by atoms with Crippen LogP contribution in [-0.2, 0) is 4.79 Å².